The van der Waals surface area contributed by atoms with E-state index in [0.717, 1.165) is 26.6 Å². The number of nitrogens with one attached hydrogen (secondary N) is 1. The number of hydrogen-bond acceptors (Lipinski definition) is 3. The summed E-state index contributed by atoms with van der Waals surface area (Å²) in [7, 11) is 1.94. The third-order valence-corrected chi connectivity index (χ3v) is 3.99. The average Bonchev–Trinajstić information content (AvgIpc) is 2.50. The van der Waals surface area contributed by atoms with Gasteiger partial charge in [-0.2, -0.15) is 0 Å². The number of benzene rings is 1. The highest BCUT2D eigenvalue weighted by atomic mass is 79.9. The molecule has 100 valence electrons. The standard InChI is InChI=1S/C16H14BrN3/c1-18-15(16-13(17)8-4-10-20-16)12-7-2-5-11-6-3-9-19-14(11)12/h2-10,15,18H,1H3. The van der Waals surface area contributed by atoms with Crippen molar-refractivity contribution in [1.82, 2.24) is 15.3 Å². The van der Waals surface area contributed by atoms with Gasteiger partial charge in [0.2, 0.25) is 0 Å². The predicted octanol–water partition coefficient (Wildman–Crippen LogP) is 3.70. The summed E-state index contributed by atoms with van der Waals surface area (Å²) < 4.78 is 0.993. The summed E-state index contributed by atoms with van der Waals surface area (Å²) in [4.78, 5) is 9.02. The van der Waals surface area contributed by atoms with E-state index in [1.807, 2.05) is 37.6 Å². The zero-order chi connectivity index (χ0) is 13.9. The Morgan fingerprint density at radius 3 is 2.55 bits per heavy atom. The zero-order valence-electron chi connectivity index (χ0n) is 11.0. The molecule has 0 aliphatic rings. The van der Waals surface area contributed by atoms with Gasteiger partial charge in [0.25, 0.3) is 0 Å². The van der Waals surface area contributed by atoms with Crippen LogP contribution < -0.4 is 5.32 Å². The van der Waals surface area contributed by atoms with Crippen molar-refractivity contribution in [2.24, 2.45) is 0 Å². The normalized spacial score (nSPS) is 12.5. The van der Waals surface area contributed by atoms with E-state index in [-0.39, 0.29) is 6.04 Å². The van der Waals surface area contributed by atoms with E-state index in [1.54, 1.807) is 0 Å². The van der Waals surface area contributed by atoms with Crippen LogP contribution in [-0.4, -0.2) is 17.0 Å². The number of nitrogens with zero attached hydrogens (tertiary/aromatic N) is 2. The first kappa shape index (κ1) is 13.2. The molecule has 0 radical (unpaired) electrons. The largest absolute Gasteiger partial charge is 0.308 e. The summed E-state index contributed by atoms with van der Waals surface area (Å²) in [6.07, 6.45) is 3.63. The average molecular weight is 328 g/mol. The van der Waals surface area contributed by atoms with Crippen LogP contribution in [0.5, 0.6) is 0 Å². The smallest absolute Gasteiger partial charge is 0.0781 e. The van der Waals surface area contributed by atoms with Crippen molar-refractivity contribution >= 4 is 26.8 Å². The molecule has 20 heavy (non-hydrogen) atoms. The zero-order valence-corrected chi connectivity index (χ0v) is 12.6. The Labute approximate surface area is 126 Å². The molecule has 0 spiro atoms. The first-order chi connectivity index (χ1) is 9.81. The molecule has 0 saturated heterocycles. The molecule has 1 unspecified atom stereocenters. The van der Waals surface area contributed by atoms with Gasteiger partial charge in [0.1, 0.15) is 0 Å². The third kappa shape index (κ3) is 2.32. The van der Waals surface area contributed by atoms with Gasteiger partial charge in [-0.15, -0.1) is 0 Å². The van der Waals surface area contributed by atoms with E-state index in [2.05, 4.69) is 55.5 Å². The Morgan fingerprint density at radius 1 is 1.00 bits per heavy atom. The predicted molar refractivity (Wildman–Crippen MR) is 84.6 cm³/mol. The molecule has 3 rings (SSSR count). The van der Waals surface area contributed by atoms with Crippen LogP contribution in [-0.2, 0) is 0 Å². The fourth-order valence-electron chi connectivity index (χ4n) is 2.41. The lowest BCUT2D eigenvalue weighted by Gasteiger charge is -2.18. The molecule has 3 nitrogen and oxygen atoms in total. The molecule has 0 saturated carbocycles. The van der Waals surface area contributed by atoms with Crippen LogP contribution in [0.25, 0.3) is 10.9 Å². The second-order valence-corrected chi connectivity index (χ2v) is 5.37. The number of halogens is 1. The third-order valence-electron chi connectivity index (χ3n) is 3.32. The van der Waals surface area contributed by atoms with Gasteiger partial charge in [-0.25, -0.2) is 0 Å². The lowest BCUT2D eigenvalue weighted by Crippen LogP contribution is -2.20. The van der Waals surface area contributed by atoms with Crippen LogP contribution in [0.15, 0.2) is 59.3 Å². The number of pyridine rings is 2. The quantitative estimate of drug-likeness (QED) is 0.797. The molecule has 0 aliphatic heterocycles. The minimum Gasteiger partial charge on any atom is -0.308 e. The Hall–Kier alpha value is -1.78. The van der Waals surface area contributed by atoms with E-state index < -0.39 is 0 Å². The Morgan fingerprint density at radius 2 is 1.75 bits per heavy atom. The number of rotatable bonds is 3. The van der Waals surface area contributed by atoms with Gasteiger partial charge in [0.15, 0.2) is 0 Å². The summed E-state index contributed by atoms with van der Waals surface area (Å²) in [6, 6.07) is 14.2. The molecule has 0 aliphatic carbocycles. The minimum atomic E-state index is 0.00387. The Balaban J connectivity index is 2.20. The first-order valence-electron chi connectivity index (χ1n) is 6.42. The number of hydrogen-bond donors (Lipinski definition) is 1. The molecular formula is C16H14BrN3. The van der Waals surface area contributed by atoms with E-state index in [4.69, 9.17) is 0 Å². The van der Waals surface area contributed by atoms with Crippen molar-refractivity contribution in [2.45, 2.75) is 6.04 Å². The van der Waals surface area contributed by atoms with Crippen LogP contribution in [0, 0.1) is 0 Å². The molecule has 0 bridgehead atoms. The van der Waals surface area contributed by atoms with E-state index in [0.29, 0.717) is 0 Å². The molecule has 0 fully saturated rings. The van der Waals surface area contributed by atoms with Crippen LogP contribution in [0.2, 0.25) is 0 Å². The van der Waals surface area contributed by atoms with Crippen LogP contribution >= 0.6 is 15.9 Å². The second-order valence-electron chi connectivity index (χ2n) is 4.51. The van der Waals surface area contributed by atoms with Gasteiger partial charge in [-0.1, -0.05) is 24.3 Å². The topological polar surface area (TPSA) is 37.8 Å². The highest BCUT2D eigenvalue weighted by Gasteiger charge is 2.18. The summed E-state index contributed by atoms with van der Waals surface area (Å²) in [5.74, 6) is 0. The van der Waals surface area contributed by atoms with E-state index in [1.165, 1.54) is 0 Å². The molecule has 0 amide bonds. The fourth-order valence-corrected chi connectivity index (χ4v) is 2.89. The molecule has 1 atom stereocenters. The highest BCUT2D eigenvalue weighted by molar-refractivity contribution is 9.10. The van der Waals surface area contributed by atoms with Crippen molar-refractivity contribution in [3.63, 3.8) is 0 Å². The van der Waals surface area contributed by atoms with Crippen molar-refractivity contribution in [3.8, 4) is 0 Å². The van der Waals surface area contributed by atoms with Gasteiger partial charge in [-0.05, 0) is 41.2 Å². The maximum atomic E-state index is 4.52. The number of aromatic nitrogens is 2. The molecule has 1 aromatic carbocycles. The van der Waals surface area contributed by atoms with Gasteiger partial charge in [0.05, 0.1) is 17.3 Å². The van der Waals surface area contributed by atoms with E-state index >= 15 is 0 Å². The lowest BCUT2D eigenvalue weighted by atomic mass is 10.00. The summed E-state index contributed by atoms with van der Waals surface area (Å²) in [5, 5.41) is 4.47. The maximum absolute atomic E-state index is 4.52. The van der Waals surface area contributed by atoms with Gasteiger partial charge in [0, 0.05) is 27.8 Å². The minimum absolute atomic E-state index is 0.00387. The highest BCUT2D eigenvalue weighted by Crippen LogP contribution is 2.30. The van der Waals surface area contributed by atoms with Gasteiger partial charge in [-0.3, -0.25) is 9.97 Å². The molecule has 1 N–H and O–H groups in total. The van der Waals surface area contributed by atoms with Crippen molar-refractivity contribution in [2.75, 3.05) is 7.05 Å². The first-order valence-corrected chi connectivity index (χ1v) is 7.22. The molecule has 2 heterocycles. The van der Waals surface area contributed by atoms with Crippen molar-refractivity contribution in [3.05, 3.63) is 70.6 Å². The second kappa shape index (κ2) is 5.69. The maximum Gasteiger partial charge on any atom is 0.0781 e. The van der Waals surface area contributed by atoms with E-state index in [9.17, 15) is 0 Å². The van der Waals surface area contributed by atoms with Crippen molar-refractivity contribution < 1.29 is 0 Å². The van der Waals surface area contributed by atoms with Crippen LogP contribution in [0.3, 0.4) is 0 Å². The molecule has 3 aromatic rings. The Kier molecular flexibility index (Phi) is 3.76. The number of fused-ring (bicyclic) bond motifs is 1. The van der Waals surface area contributed by atoms with Crippen LogP contribution in [0.1, 0.15) is 17.3 Å². The van der Waals surface area contributed by atoms with Crippen molar-refractivity contribution in [1.29, 1.82) is 0 Å². The van der Waals surface area contributed by atoms with Gasteiger partial charge < -0.3 is 5.32 Å². The van der Waals surface area contributed by atoms with Crippen LogP contribution in [0.4, 0.5) is 0 Å². The summed E-state index contributed by atoms with van der Waals surface area (Å²) in [5.41, 5.74) is 3.10. The number of para-hydroxylation sites is 1. The fraction of sp³-hybridized carbons (Fsp3) is 0.125. The molecular weight excluding hydrogens is 314 g/mol. The molecule has 2 aromatic heterocycles. The monoisotopic (exact) mass is 327 g/mol. The summed E-state index contributed by atoms with van der Waals surface area (Å²) in [6.45, 7) is 0. The SMILES string of the molecule is CNC(c1ncccc1Br)c1cccc2cccnc12. The Bertz CT molecular complexity index is 737. The molecule has 4 heteroatoms. The van der Waals surface area contributed by atoms with Gasteiger partial charge >= 0.3 is 0 Å². The lowest BCUT2D eigenvalue weighted by molar-refractivity contribution is 0.671. The summed E-state index contributed by atoms with van der Waals surface area (Å²) >= 11 is 3.58.